The van der Waals surface area contributed by atoms with Crippen molar-refractivity contribution in [1.82, 2.24) is 5.32 Å². The third-order valence-corrected chi connectivity index (χ3v) is 2.68. The number of nitrogens with one attached hydrogen (secondary N) is 2. The number of hydrogen-bond acceptors (Lipinski definition) is 3. The van der Waals surface area contributed by atoms with Crippen LogP contribution in [0, 0.1) is 12.7 Å². The maximum absolute atomic E-state index is 12.9. The lowest BCUT2D eigenvalue weighted by atomic mass is 10.2. The fourth-order valence-electron chi connectivity index (χ4n) is 1.72. The van der Waals surface area contributed by atoms with Crippen LogP contribution < -0.4 is 10.6 Å². The van der Waals surface area contributed by atoms with Gasteiger partial charge in [0.25, 0.3) is 0 Å². The number of amides is 1. The highest BCUT2D eigenvalue weighted by Gasteiger charge is 2.21. The molecule has 0 saturated carbocycles. The molecular weight excluding hydrogens is 259 g/mol. The van der Waals surface area contributed by atoms with Crippen molar-refractivity contribution in [3.05, 3.63) is 29.6 Å². The standard InChI is InChI=1S/C12H15FN2O2.ClH/c1-8-6-9(13)2-3-10(8)15-12(16)11-7-17-5-4-14-11;/h2-3,6,11,14H,4-5,7H2,1H3,(H,15,16);1H. The summed E-state index contributed by atoms with van der Waals surface area (Å²) in [5, 5.41) is 5.82. The summed E-state index contributed by atoms with van der Waals surface area (Å²) < 4.78 is 18.1. The SMILES string of the molecule is Cc1cc(F)ccc1NC(=O)C1COCCN1.Cl. The predicted molar refractivity (Wildman–Crippen MR) is 69.6 cm³/mol. The molecule has 1 atom stereocenters. The van der Waals surface area contributed by atoms with Crippen LogP contribution in [-0.2, 0) is 9.53 Å². The topological polar surface area (TPSA) is 50.4 Å². The molecule has 100 valence electrons. The molecular formula is C12H16ClFN2O2. The van der Waals surface area contributed by atoms with Crippen molar-refractivity contribution in [3.8, 4) is 0 Å². The summed E-state index contributed by atoms with van der Waals surface area (Å²) in [5.74, 6) is -0.459. The Balaban J connectivity index is 0.00000162. The molecule has 1 aliphatic heterocycles. The zero-order chi connectivity index (χ0) is 12.3. The Morgan fingerprint density at radius 2 is 2.33 bits per heavy atom. The number of hydrogen-bond donors (Lipinski definition) is 2. The van der Waals surface area contributed by atoms with Gasteiger partial charge in [-0.2, -0.15) is 0 Å². The average Bonchev–Trinajstić information content (AvgIpc) is 2.34. The fourth-order valence-corrected chi connectivity index (χ4v) is 1.72. The van der Waals surface area contributed by atoms with E-state index in [0.29, 0.717) is 31.0 Å². The third kappa shape index (κ3) is 3.66. The summed E-state index contributed by atoms with van der Waals surface area (Å²) in [5.41, 5.74) is 1.33. The predicted octanol–water partition coefficient (Wildman–Crippen LogP) is 1.48. The van der Waals surface area contributed by atoms with Gasteiger partial charge < -0.3 is 15.4 Å². The fraction of sp³-hybridized carbons (Fsp3) is 0.417. The molecule has 6 heteroatoms. The Morgan fingerprint density at radius 1 is 1.56 bits per heavy atom. The summed E-state index contributed by atoms with van der Waals surface area (Å²) in [6.45, 7) is 3.41. The molecule has 1 unspecified atom stereocenters. The van der Waals surface area contributed by atoms with Gasteiger partial charge >= 0.3 is 0 Å². The van der Waals surface area contributed by atoms with E-state index in [9.17, 15) is 9.18 Å². The number of rotatable bonds is 2. The van der Waals surface area contributed by atoms with Crippen molar-refractivity contribution < 1.29 is 13.9 Å². The second-order valence-electron chi connectivity index (χ2n) is 4.03. The number of ether oxygens (including phenoxy) is 1. The first-order valence-corrected chi connectivity index (χ1v) is 5.55. The molecule has 0 aliphatic carbocycles. The Hall–Kier alpha value is -1.17. The highest BCUT2D eigenvalue weighted by atomic mass is 35.5. The van der Waals surface area contributed by atoms with Crippen molar-refractivity contribution >= 4 is 24.0 Å². The minimum Gasteiger partial charge on any atom is -0.378 e. The van der Waals surface area contributed by atoms with Gasteiger partial charge in [-0.1, -0.05) is 0 Å². The van der Waals surface area contributed by atoms with E-state index < -0.39 is 0 Å². The van der Waals surface area contributed by atoms with Crippen molar-refractivity contribution in [3.63, 3.8) is 0 Å². The summed E-state index contributed by atoms with van der Waals surface area (Å²) in [6.07, 6.45) is 0. The Morgan fingerprint density at radius 3 is 2.94 bits per heavy atom. The van der Waals surface area contributed by atoms with Crippen LogP contribution in [0.2, 0.25) is 0 Å². The monoisotopic (exact) mass is 274 g/mol. The molecule has 1 amide bonds. The van der Waals surface area contributed by atoms with Gasteiger partial charge in [0.2, 0.25) is 5.91 Å². The second-order valence-corrected chi connectivity index (χ2v) is 4.03. The lowest BCUT2D eigenvalue weighted by Crippen LogP contribution is -2.48. The maximum atomic E-state index is 12.9. The molecule has 0 spiro atoms. The van der Waals surface area contributed by atoms with Gasteiger partial charge in [0, 0.05) is 12.2 Å². The number of benzene rings is 1. The van der Waals surface area contributed by atoms with E-state index in [1.807, 2.05) is 0 Å². The van der Waals surface area contributed by atoms with Gasteiger partial charge in [-0.05, 0) is 30.7 Å². The van der Waals surface area contributed by atoms with Crippen LogP contribution in [0.4, 0.5) is 10.1 Å². The lowest BCUT2D eigenvalue weighted by Gasteiger charge is -2.23. The summed E-state index contributed by atoms with van der Waals surface area (Å²) >= 11 is 0. The van der Waals surface area contributed by atoms with Gasteiger partial charge in [0.1, 0.15) is 11.9 Å². The van der Waals surface area contributed by atoms with E-state index in [1.54, 1.807) is 13.0 Å². The number of carbonyl (C=O) groups is 1. The molecule has 2 rings (SSSR count). The highest BCUT2D eigenvalue weighted by Crippen LogP contribution is 2.16. The van der Waals surface area contributed by atoms with Crippen LogP contribution in [0.5, 0.6) is 0 Å². The molecule has 0 radical (unpaired) electrons. The minimum absolute atomic E-state index is 0. The largest absolute Gasteiger partial charge is 0.378 e. The summed E-state index contributed by atoms with van der Waals surface area (Å²) in [4.78, 5) is 11.9. The van der Waals surface area contributed by atoms with Gasteiger partial charge in [-0.3, -0.25) is 4.79 Å². The number of anilines is 1. The van der Waals surface area contributed by atoms with Crippen LogP contribution >= 0.6 is 12.4 Å². The maximum Gasteiger partial charge on any atom is 0.243 e. The quantitative estimate of drug-likeness (QED) is 0.859. The number of morpholine rings is 1. The Labute approximate surface area is 111 Å². The number of halogens is 2. The van der Waals surface area contributed by atoms with Crippen molar-refractivity contribution in [1.29, 1.82) is 0 Å². The number of aryl methyl sites for hydroxylation is 1. The smallest absolute Gasteiger partial charge is 0.243 e. The highest BCUT2D eigenvalue weighted by molar-refractivity contribution is 5.95. The van der Waals surface area contributed by atoms with Crippen molar-refractivity contribution in [2.75, 3.05) is 25.1 Å². The van der Waals surface area contributed by atoms with E-state index in [0.717, 1.165) is 0 Å². The zero-order valence-electron chi connectivity index (χ0n) is 10.0. The van der Waals surface area contributed by atoms with E-state index in [-0.39, 0.29) is 30.2 Å². The van der Waals surface area contributed by atoms with E-state index >= 15 is 0 Å². The first kappa shape index (κ1) is 14.9. The first-order valence-electron chi connectivity index (χ1n) is 5.55. The van der Waals surface area contributed by atoms with Crippen LogP contribution in [0.1, 0.15) is 5.56 Å². The van der Waals surface area contributed by atoms with Crippen molar-refractivity contribution in [2.45, 2.75) is 13.0 Å². The minimum atomic E-state index is -0.340. The van der Waals surface area contributed by atoms with Crippen LogP contribution in [0.25, 0.3) is 0 Å². The third-order valence-electron chi connectivity index (χ3n) is 2.68. The van der Waals surface area contributed by atoms with Gasteiger partial charge in [-0.15, -0.1) is 12.4 Å². The molecule has 0 bridgehead atoms. The molecule has 1 heterocycles. The summed E-state index contributed by atoms with van der Waals surface area (Å²) in [6, 6.07) is 3.94. The lowest BCUT2D eigenvalue weighted by molar-refractivity contribution is -0.120. The molecule has 18 heavy (non-hydrogen) atoms. The molecule has 1 fully saturated rings. The molecule has 4 nitrogen and oxygen atoms in total. The molecule has 1 aliphatic rings. The van der Waals surface area contributed by atoms with Gasteiger partial charge in [0.05, 0.1) is 13.2 Å². The van der Waals surface area contributed by atoms with E-state index in [1.165, 1.54) is 12.1 Å². The van der Waals surface area contributed by atoms with Crippen LogP contribution in [-0.4, -0.2) is 31.7 Å². The van der Waals surface area contributed by atoms with E-state index in [4.69, 9.17) is 4.74 Å². The molecule has 2 N–H and O–H groups in total. The Bertz CT molecular complexity index is 423. The second kappa shape index (κ2) is 6.68. The van der Waals surface area contributed by atoms with Gasteiger partial charge in [0.15, 0.2) is 0 Å². The van der Waals surface area contributed by atoms with Gasteiger partial charge in [-0.25, -0.2) is 4.39 Å². The van der Waals surface area contributed by atoms with E-state index in [2.05, 4.69) is 10.6 Å². The molecule has 1 saturated heterocycles. The molecule has 1 aromatic rings. The normalized spacial score (nSPS) is 18.9. The number of carbonyl (C=O) groups excluding carboxylic acids is 1. The molecule has 1 aromatic carbocycles. The zero-order valence-corrected chi connectivity index (χ0v) is 10.8. The Kier molecular flexibility index (Phi) is 5.53. The van der Waals surface area contributed by atoms with Crippen LogP contribution in [0.3, 0.4) is 0 Å². The van der Waals surface area contributed by atoms with Crippen molar-refractivity contribution in [2.24, 2.45) is 0 Å². The summed E-state index contributed by atoms with van der Waals surface area (Å²) in [7, 11) is 0. The van der Waals surface area contributed by atoms with Crippen LogP contribution in [0.15, 0.2) is 18.2 Å². The first-order chi connectivity index (χ1) is 8.16. The average molecular weight is 275 g/mol. The molecule has 0 aromatic heterocycles.